The standard InChI is InChI=1S/C25H21FN6O3S/c26-21-13-18(35-17-4-2-1-3-5-17)8-9-20(21)23-22-24(28)29-15-30-25(22)32(31-23)10-11-36(33,34)19(14-27)12-16-6-7-16/h1-5,8-9,12-13,15-16H,6-7,10-11H2,(H2,28,29,30). The lowest BCUT2D eigenvalue weighted by Crippen LogP contribution is -2.15. The number of nitrogens with zero attached hydrogens (tertiary/aromatic N) is 5. The van der Waals surface area contributed by atoms with Crippen LogP contribution in [0.25, 0.3) is 22.3 Å². The molecule has 0 atom stereocenters. The molecule has 0 bridgehead atoms. The molecular formula is C25H21FN6O3S. The summed E-state index contributed by atoms with van der Waals surface area (Å²) in [5.74, 6) is 0.102. The highest BCUT2D eigenvalue weighted by Gasteiger charge is 2.26. The Labute approximate surface area is 206 Å². The Morgan fingerprint density at radius 2 is 1.97 bits per heavy atom. The van der Waals surface area contributed by atoms with Crippen molar-refractivity contribution >= 4 is 26.7 Å². The molecule has 2 N–H and O–H groups in total. The van der Waals surface area contributed by atoms with Crippen molar-refractivity contribution in [3.63, 3.8) is 0 Å². The highest BCUT2D eigenvalue weighted by Crippen LogP contribution is 2.35. The van der Waals surface area contributed by atoms with Gasteiger partial charge in [-0.3, -0.25) is 0 Å². The van der Waals surface area contributed by atoms with Gasteiger partial charge in [0, 0.05) is 11.6 Å². The number of hydrogen-bond acceptors (Lipinski definition) is 8. The average Bonchev–Trinajstić information content (AvgIpc) is 3.61. The molecule has 0 aliphatic heterocycles. The van der Waals surface area contributed by atoms with Crippen molar-refractivity contribution < 1.29 is 17.5 Å². The number of rotatable bonds is 8. The number of aryl methyl sites for hydroxylation is 1. The molecule has 2 heterocycles. The predicted molar refractivity (Wildman–Crippen MR) is 132 cm³/mol. The number of benzene rings is 2. The maximum atomic E-state index is 15.2. The molecule has 2 aromatic heterocycles. The first-order chi connectivity index (χ1) is 17.4. The molecule has 36 heavy (non-hydrogen) atoms. The van der Waals surface area contributed by atoms with E-state index in [4.69, 9.17) is 10.5 Å². The number of allylic oxidation sites excluding steroid dienone is 2. The Bertz CT molecular complexity index is 1620. The third-order valence-corrected chi connectivity index (χ3v) is 7.38. The van der Waals surface area contributed by atoms with Crippen LogP contribution in [-0.2, 0) is 16.4 Å². The lowest BCUT2D eigenvalue weighted by molar-refractivity contribution is 0.477. The van der Waals surface area contributed by atoms with Gasteiger partial charge in [0.1, 0.15) is 46.1 Å². The van der Waals surface area contributed by atoms with E-state index in [2.05, 4.69) is 15.1 Å². The van der Waals surface area contributed by atoms with Gasteiger partial charge >= 0.3 is 0 Å². The second-order valence-corrected chi connectivity index (χ2v) is 10.5. The van der Waals surface area contributed by atoms with Gasteiger partial charge in [-0.25, -0.2) is 27.5 Å². The number of aromatic nitrogens is 4. The topological polar surface area (TPSA) is 137 Å². The van der Waals surface area contributed by atoms with Crippen LogP contribution in [-0.4, -0.2) is 33.9 Å². The number of nitriles is 1. The van der Waals surface area contributed by atoms with Crippen molar-refractivity contribution in [2.24, 2.45) is 5.92 Å². The molecule has 182 valence electrons. The first kappa shape index (κ1) is 23.4. The van der Waals surface area contributed by atoms with Gasteiger partial charge in [0.05, 0.1) is 17.7 Å². The summed E-state index contributed by atoms with van der Waals surface area (Å²) in [5, 5.41) is 14.1. The van der Waals surface area contributed by atoms with Crippen molar-refractivity contribution in [1.29, 1.82) is 5.26 Å². The second kappa shape index (κ2) is 9.39. The Morgan fingerprint density at radius 3 is 2.67 bits per heavy atom. The highest BCUT2D eigenvalue weighted by atomic mass is 32.2. The first-order valence-corrected chi connectivity index (χ1v) is 12.9. The second-order valence-electron chi connectivity index (χ2n) is 8.39. The van der Waals surface area contributed by atoms with Crippen LogP contribution < -0.4 is 10.5 Å². The van der Waals surface area contributed by atoms with Crippen LogP contribution in [0.5, 0.6) is 11.5 Å². The Balaban J connectivity index is 1.48. The van der Waals surface area contributed by atoms with Crippen LogP contribution in [0.15, 0.2) is 65.8 Å². The number of anilines is 1. The smallest absolute Gasteiger partial charge is 0.189 e. The molecule has 0 spiro atoms. The van der Waals surface area contributed by atoms with Gasteiger partial charge in [0.2, 0.25) is 0 Å². The van der Waals surface area contributed by atoms with Crippen molar-refractivity contribution in [3.05, 3.63) is 71.7 Å². The fraction of sp³-hybridized carbons (Fsp3) is 0.200. The minimum atomic E-state index is -3.83. The fourth-order valence-corrected chi connectivity index (χ4v) is 4.93. The Kier molecular flexibility index (Phi) is 6.12. The summed E-state index contributed by atoms with van der Waals surface area (Å²) in [7, 11) is -3.83. The molecule has 11 heteroatoms. The molecule has 2 aromatic carbocycles. The minimum absolute atomic E-state index is 0.0828. The maximum absolute atomic E-state index is 15.2. The number of sulfone groups is 1. The monoisotopic (exact) mass is 504 g/mol. The van der Waals surface area contributed by atoms with Crippen LogP contribution in [0, 0.1) is 23.1 Å². The Morgan fingerprint density at radius 1 is 1.19 bits per heavy atom. The van der Waals surface area contributed by atoms with Gasteiger partial charge in [0.25, 0.3) is 0 Å². The van der Waals surface area contributed by atoms with Gasteiger partial charge in [-0.1, -0.05) is 24.3 Å². The van der Waals surface area contributed by atoms with Gasteiger partial charge in [-0.15, -0.1) is 0 Å². The number of para-hydroxylation sites is 1. The Hall–Kier alpha value is -4.30. The van der Waals surface area contributed by atoms with E-state index in [1.807, 2.05) is 18.2 Å². The lowest BCUT2D eigenvalue weighted by Gasteiger charge is -2.07. The minimum Gasteiger partial charge on any atom is -0.457 e. The molecule has 1 fully saturated rings. The van der Waals surface area contributed by atoms with E-state index in [1.165, 1.54) is 29.2 Å². The summed E-state index contributed by atoms with van der Waals surface area (Å²) < 4.78 is 47.8. The number of hydrogen-bond donors (Lipinski definition) is 1. The van der Waals surface area contributed by atoms with Crippen molar-refractivity contribution in [1.82, 2.24) is 19.7 Å². The number of fused-ring (bicyclic) bond motifs is 1. The molecule has 1 aliphatic carbocycles. The molecule has 5 rings (SSSR count). The van der Waals surface area contributed by atoms with Crippen molar-refractivity contribution in [2.75, 3.05) is 11.5 Å². The maximum Gasteiger partial charge on any atom is 0.189 e. The van der Waals surface area contributed by atoms with E-state index in [1.54, 1.807) is 24.3 Å². The van der Waals surface area contributed by atoms with E-state index in [-0.39, 0.29) is 45.8 Å². The van der Waals surface area contributed by atoms with E-state index in [0.29, 0.717) is 16.9 Å². The van der Waals surface area contributed by atoms with Crippen LogP contribution in [0.4, 0.5) is 10.2 Å². The van der Waals surface area contributed by atoms with Gasteiger partial charge < -0.3 is 10.5 Å². The summed E-state index contributed by atoms with van der Waals surface area (Å²) >= 11 is 0. The molecule has 0 radical (unpaired) electrons. The zero-order chi connectivity index (χ0) is 25.3. The summed E-state index contributed by atoms with van der Waals surface area (Å²) in [6, 6.07) is 15.1. The highest BCUT2D eigenvalue weighted by molar-refractivity contribution is 7.95. The summed E-state index contributed by atoms with van der Waals surface area (Å²) in [5.41, 5.74) is 6.66. The summed E-state index contributed by atoms with van der Waals surface area (Å²) in [6.45, 7) is -0.101. The van der Waals surface area contributed by atoms with Gasteiger partial charge in [-0.2, -0.15) is 10.4 Å². The van der Waals surface area contributed by atoms with E-state index in [0.717, 1.165) is 12.8 Å². The van der Waals surface area contributed by atoms with Crippen LogP contribution >= 0.6 is 0 Å². The van der Waals surface area contributed by atoms with E-state index in [9.17, 15) is 13.7 Å². The number of nitrogens with two attached hydrogens (primary N) is 1. The zero-order valence-electron chi connectivity index (χ0n) is 19.0. The molecule has 1 saturated carbocycles. The molecule has 9 nitrogen and oxygen atoms in total. The third-order valence-electron chi connectivity index (χ3n) is 5.76. The molecule has 0 unspecified atom stereocenters. The molecular weight excluding hydrogens is 483 g/mol. The first-order valence-electron chi connectivity index (χ1n) is 11.2. The van der Waals surface area contributed by atoms with Gasteiger partial charge in [0.15, 0.2) is 15.5 Å². The zero-order valence-corrected chi connectivity index (χ0v) is 19.8. The predicted octanol–water partition coefficient (Wildman–Crippen LogP) is 4.24. The van der Waals surface area contributed by atoms with Crippen LogP contribution in [0.2, 0.25) is 0 Å². The molecule has 4 aromatic rings. The largest absolute Gasteiger partial charge is 0.457 e. The summed E-state index contributed by atoms with van der Waals surface area (Å²) in [6.07, 6.45) is 4.50. The van der Waals surface area contributed by atoms with Crippen molar-refractivity contribution in [3.8, 4) is 28.8 Å². The quantitative estimate of drug-likeness (QED) is 0.352. The number of nitrogen functional groups attached to an aromatic ring is 1. The fourth-order valence-electron chi connectivity index (χ4n) is 3.75. The van der Waals surface area contributed by atoms with E-state index >= 15 is 4.39 Å². The van der Waals surface area contributed by atoms with Crippen LogP contribution in [0.1, 0.15) is 12.8 Å². The lowest BCUT2D eigenvalue weighted by atomic mass is 10.1. The average molecular weight is 505 g/mol. The normalized spacial score (nSPS) is 14.1. The molecule has 0 saturated heterocycles. The summed E-state index contributed by atoms with van der Waals surface area (Å²) in [4.78, 5) is 7.96. The van der Waals surface area contributed by atoms with E-state index < -0.39 is 15.7 Å². The van der Waals surface area contributed by atoms with Crippen molar-refractivity contribution in [2.45, 2.75) is 19.4 Å². The number of ether oxygens (including phenoxy) is 1. The SMILES string of the molecule is N#CC(=CC1CC1)S(=O)(=O)CCn1nc(-c2ccc(Oc3ccccc3)cc2F)c2c(N)ncnc21. The van der Waals surface area contributed by atoms with Gasteiger partial charge in [-0.05, 0) is 43.0 Å². The third kappa shape index (κ3) is 4.76. The molecule has 1 aliphatic rings. The molecule has 0 amide bonds. The van der Waals surface area contributed by atoms with Crippen LogP contribution in [0.3, 0.4) is 0 Å². The number of halogens is 1.